The summed E-state index contributed by atoms with van der Waals surface area (Å²) in [6, 6.07) is 36.9. The van der Waals surface area contributed by atoms with Gasteiger partial charge in [-0.15, -0.1) is 0 Å². The number of halogens is 2. The lowest BCUT2D eigenvalue weighted by Gasteiger charge is -2.35. The molecule has 9 heterocycles. The molecule has 130 heavy (non-hydrogen) atoms. The van der Waals surface area contributed by atoms with Gasteiger partial charge in [-0.2, -0.15) is 0 Å². The number of hydrogen-bond donors (Lipinski definition) is 7. The summed E-state index contributed by atoms with van der Waals surface area (Å²) in [7, 11) is 2.93. The lowest BCUT2D eigenvalue weighted by Crippen LogP contribution is -2.51. The fourth-order valence-electron chi connectivity index (χ4n) is 14.6. The zero-order valence-electron chi connectivity index (χ0n) is 75.4. The molecule has 9 aliphatic heterocycles. The third-order valence-corrected chi connectivity index (χ3v) is 21.7. The quantitative estimate of drug-likeness (QED) is 0.0259. The number of hydrogen-bond acceptors (Lipinski definition) is 28. The largest absolute Gasteiger partial charge is 0.496 e. The summed E-state index contributed by atoms with van der Waals surface area (Å²) in [5, 5.41) is 12.6. The highest BCUT2D eigenvalue weighted by atomic mass is 35.5. The van der Waals surface area contributed by atoms with Gasteiger partial charge in [0.1, 0.15) is 28.3 Å². The van der Waals surface area contributed by atoms with Crippen LogP contribution in [0.4, 0.5) is 25.8 Å². The van der Waals surface area contributed by atoms with E-state index in [1.54, 1.807) is 87.5 Å². The van der Waals surface area contributed by atoms with E-state index in [0.29, 0.717) is 178 Å². The Hall–Kier alpha value is -11.1. The maximum Gasteiger partial charge on any atom is 0.410 e. The third-order valence-electron chi connectivity index (χ3n) is 21.0. The van der Waals surface area contributed by atoms with E-state index in [1.807, 2.05) is 80.5 Å². The number of nitrogen functional groups attached to an aromatic ring is 2. The van der Waals surface area contributed by atoms with Crippen LogP contribution in [0, 0.1) is 0 Å². The van der Waals surface area contributed by atoms with Crippen LogP contribution >= 0.6 is 23.2 Å². The number of amides is 11. The van der Waals surface area contributed by atoms with Gasteiger partial charge in [-0.3, -0.25) is 58.0 Å². The molecule has 6 saturated heterocycles. The summed E-state index contributed by atoms with van der Waals surface area (Å²) in [6.07, 6.45) is -2.22. The second-order valence-electron chi connectivity index (χ2n) is 34.5. The number of fused-ring (bicyclic) bond motifs is 3. The lowest BCUT2D eigenvalue weighted by atomic mass is 10.1. The van der Waals surface area contributed by atoms with Crippen molar-refractivity contribution in [1.29, 1.82) is 0 Å². The van der Waals surface area contributed by atoms with Gasteiger partial charge < -0.3 is 105 Å². The smallest absolute Gasteiger partial charge is 0.410 e. The van der Waals surface area contributed by atoms with Crippen molar-refractivity contribution in [3.63, 3.8) is 0 Å². The molecule has 0 radical (unpaired) electrons. The Kier molecular flexibility index (Phi) is 36.6. The second kappa shape index (κ2) is 47.1. The molecule has 6 atom stereocenters. The Morgan fingerprint density at radius 1 is 0.415 bits per heavy atom. The number of carbonyl (C=O) groups excluding carboxylic acids is 11. The molecule has 11 amide bonds. The molecule has 6 unspecified atom stereocenters. The minimum Gasteiger partial charge on any atom is -0.496 e. The Morgan fingerprint density at radius 3 is 1.09 bits per heavy atom. The topological polar surface area (TPSA) is 438 Å². The first-order valence-electron chi connectivity index (χ1n) is 43.1. The van der Waals surface area contributed by atoms with Crippen molar-refractivity contribution >= 4 is 100 Å². The van der Waals surface area contributed by atoms with Crippen molar-refractivity contribution in [3.05, 3.63) is 188 Å². The molecule has 10 N–H and O–H groups in total. The lowest BCUT2D eigenvalue weighted by molar-refractivity contribution is -0.0475. The van der Waals surface area contributed by atoms with Crippen LogP contribution in [0.1, 0.15) is 151 Å². The molecular weight excluding hydrogens is 1720 g/mol. The number of methoxy groups -OCH3 is 2. The molecule has 36 nitrogen and oxygen atoms in total. The number of morpholine rings is 6. The van der Waals surface area contributed by atoms with Gasteiger partial charge in [-0.1, -0.05) is 89.9 Å². The standard InChI is InChI=1S/C20H20N2O3.C18H26ClN3O5.C18H22N2O5.C13H18ClN3O3.C13H14N2O3.C10H20N2O3/c23-19-17-8-4-5-9-18(17)20(24)22(19)14-16-13-21(10-11-25-16)12-15-6-2-1-3-7-15;1-18(2,3)27-17(24)22-5-6-26-11(10-22)9-21-16(23)12-7-13(19)14(20)8-15(12)25-4;1-18(2,3)25-17(23)19-8-9-24-12(10-19)11-20-15(21)13-6-4-5-7-14(13)16(20)22;1-19-12-5-11(15)10(14)4-9(12)13(18)17-7-8-6-16-2-3-20-8;16-12-10-3-1-2-4-11(10)13(17)15(12)8-9-7-14-5-6-18-9;1-10(2,3)15-9(13)12-4-5-14-8(6-11)7-12/h1-9,16H,10-14H2;7-8,11H,5-6,9-10,20H2,1-4H3,(H,21,23);4-7,12H,8-11H2,1-3H3;4-5,8,16H,2-3,6-7,15H2,1H3,(H,17,18);1-4,9,14H,5-8H2;8H,4-7,11H2,1-3H3. The molecule has 0 aliphatic carbocycles. The number of nitrogens with two attached hydrogens (primary N) is 3. The SMILES string of the molecule is CC(C)(C)OC(=O)N1CCOC(CN)C1.CC(C)(C)OC(=O)N1CCOC(CN2C(=O)c3ccccc3C2=O)C1.COc1cc(N)c(Cl)cc1C(=O)NCC1CN(C(=O)OC(C)(C)C)CCO1.COc1cc(N)c(Cl)cc1C(=O)NCC1CNCCO1.O=C1c2ccccc2C(=O)N1CC1CN(Cc2ccccc2)CCO1.O=C1c2ccccc2C(=O)N1CC1CNCCO1. The van der Waals surface area contributed by atoms with Gasteiger partial charge in [0, 0.05) is 97.2 Å². The number of carbonyl (C=O) groups is 11. The highest BCUT2D eigenvalue weighted by molar-refractivity contribution is 6.34. The van der Waals surface area contributed by atoms with Crippen molar-refractivity contribution in [2.45, 2.75) is 122 Å². The average molecular weight is 1840 g/mol. The van der Waals surface area contributed by atoms with E-state index in [4.69, 9.17) is 92.5 Å². The summed E-state index contributed by atoms with van der Waals surface area (Å²) < 4.78 is 59.8. The second-order valence-corrected chi connectivity index (χ2v) is 35.3. The molecule has 6 aromatic rings. The number of anilines is 2. The Labute approximate surface area is 766 Å². The van der Waals surface area contributed by atoms with Gasteiger partial charge in [0.15, 0.2) is 0 Å². The molecule has 15 rings (SSSR count). The zero-order valence-corrected chi connectivity index (χ0v) is 76.9. The maximum absolute atomic E-state index is 12.5. The predicted octanol–water partition coefficient (Wildman–Crippen LogP) is 7.90. The van der Waals surface area contributed by atoms with Crippen LogP contribution in [0.5, 0.6) is 11.5 Å². The summed E-state index contributed by atoms with van der Waals surface area (Å²) in [5.74, 6) is -1.42. The summed E-state index contributed by atoms with van der Waals surface area (Å²) in [6.45, 7) is 29.4. The van der Waals surface area contributed by atoms with Crippen LogP contribution in [0.25, 0.3) is 0 Å². The van der Waals surface area contributed by atoms with Crippen LogP contribution < -0.4 is 47.9 Å². The molecule has 9 aliphatic rings. The predicted molar refractivity (Wildman–Crippen MR) is 483 cm³/mol. The number of nitrogens with zero attached hydrogens (tertiary/aromatic N) is 7. The molecule has 6 aromatic carbocycles. The van der Waals surface area contributed by atoms with E-state index < -0.39 is 35.1 Å². The Balaban J connectivity index is 0.000000164. The highest BCUT2D eigenvalue weighted by Crippen LogP contribution is 2.33. The molecule has 0 spiro atoms. The molecule has 704 valence electrons. The maximum atomic E-state index is 12.5. The molecule has 0 bridgehead atoms. The number of nitrogens with one attached hydrogen (secondary N) is 4. The fraction of sp³-hybridized carbons (Fsp3) is 0.489. The first-order chi connectivity index (χ1) is 61.9. The van der Waals surface area contributed by atoms with Crippen LogP contribution in [0.2, 0.25) is 10.0 Å². The number of rotatable bonds is 17. The average Bonchev–Trinajstić information content (AvgIpc) is 1.64. The van der Waals surface area contributed by atoms with Crippen molar-refractivity contribution in [1.82, 2.24) is 55.6 Å². The first kappa shape index (κ1) is 101. The summed E-state index contributed by atoms with van der Waals surface area (Å²) in [4.78, 5) is 146. The van der Waals surface area contributed by atoms with Gasteiger partial charge in [0.25, 0.3) is 47.3 Å². The number of ether oxygens (including phenoxy) is 11. The zero-order chi connectivity index (χ0) is 94.2. The van der Waals surface area contributed by atoms with Crippen molar-refractivity contribution in [2.24, 2.45) is 5.73 Å². The monoisotopic (exact) mass is 1840 g/mol. The van der Waals surface area contributed by atoms with Crippen LogP contribution in [-0.2, 0) is 49.2 Å². The van der Waals surface area contributed by atoms with E-state index in [1.165, 1.54) is 58.7 Å². The summed E-state index contributed by atoms with van der Waals surface area (Å²) in [5.41, 5.74) is 20.7. The van der Waals surface area contributed by atoms with Gasteiger partial charge in [-0.25, -0.2) is 14.4 Å². The van der Waals surface area contributed by atoms with Crippen molar-refractivity contribution in [3.8, 4) is 11.5 Å². The van der Waals surface area contributed by atoms with Gasteiger partial charge in [-0.05, 0) is 116 Å². The van der Waals surface area contributed by atoms with Gasteiger partial charge >= 0.3 is 18.3 Å². The first-order valence-corrected chi connectivity index (χ1v) is 43.8. The highest BCUT2D eigenvalue weighted by Gasteiger charge is 2.42. The van der Waals surface area contributed by atoms with Crippen molar-refractivity contribution < 1.29 is 105 Å². The van der Waals surface area contributed by atoms with Gasteiger partial charge in [0.2, 0.25) is 0 Å². The minimum absolute atomic E-state index is 0.0250. The molecule has 0 saturated carbocycles. The van der Waals surface area contributed by atoms with E-state index in [0.717, 1.165) is 32.7 Å². The Bertz CT molecular complexity index is 4840. The fourth-order valence-corrected chi connectivity index (χ4v) is 15.0. The van der Waals surface area contributed by atoms with Gasteiger partial charge in [0.05, 0.1) is 196 Å². The third kappa shape index (κ3) is 28.9. The molecule has 38 heteroatoms. The number of imide groups is 3. The Morgan fingerprint density at radius 2 is 0.731 bits per heavy atom. The van der Waals surface area contributed by atoms with Crippen LogP contribution in [0.15, 0.2) is 127 Å². The summed E-state index contributed by atoms with van der Waals surface area (Å²) >= 11 is 11.9. The molecule has 6 fully saturated rings. The number of benzene rings is 6. The van der Waals surface area contributed by atoms with E-state index in [-0.39, 0.29) is 114 Å². The van der Waals surface area contributed by atoms with E-state index in [9.17, 15) is 52.7 Å². The van der Waals surface area contributed by atoms with Crippen LogP contribution in [-0.4, -0.2) is 325 Å². The molecular formula is C92H120Cl2N14O22. The van der Waals surface area contributed by atoms with E-state index in [2.05, 4.69) is 38.3 Å². The van der Waals surface area contributed by atoms with Crippen LogP contribution in [0.3, 0.4) is 0 Å². The normalized spacial score (nSPS) is 20.3. The van der Waals surface area contributed by atoms with Crippen molar-refractivity contribution in [2.75, 3.05) is 183 Å². The molecule has 0 aromatic heterocycles. The van der Waals surface area contributed by atoms with E-state index >= 15 is 0 Å². The minimum atomic E-state index is -0.576.